The highest BCUT2D eigenvalue weighted by Crippen LogP contribution is 2.25. The van der Waals surface area contributed by atoms with Crippen LogP contribution >= 0.6 is 0 Å². The molecule has 0 aliphatic carbocycles. The van der Waals surface area contributed by atoms with Gasteiger partial charge >= 0.3 is 0 Å². The lowest BCUT2D eigenvalue weighted by atomic mass is 9.96. The normalized spacial score (nSPS) is 13.5. The van der Waals surface area contributed by atoms with Gasteiger partial charge < -0.3 is 9.47 Å². The first-order valence-corrected chi connectivity index (χ1v) is 6.25. The molecule has 1 aromatic rings. The molecule has 1 aromatic carbocycles. The molecule has 0 spiro atoms. The van der Waals surface area contributed by atoms with E-state index >= 15 is 0 Å². The molecule has 0 amide bonds. The van der Waals surface area contributed by atoms with Gasteiger partial charge in [-0.3, -0.25) is 0 Å². The first-order valence-electron chi connectivity index (χ1n) is 6.25. The number of rotatable bonds is 5. The average Bonchev–Trinajstić information content (AvgIpc) is 2.27. The molecule has 2 nitrogen and oxygen atoms in total. The number of ether oxygens (including phenoxy) is 2. The van der Waals surface area contributed by atoms with Crippen molar-refractivity contribution in [3.8, 4) is 5.75 Å². The summed E-state index contributed by atoms with van der Waals surface area (Å²) in [6.45, 7) is 8.50. The predicted octanol–water partition coefficient (Wildman–Crippen LogP) is 4.04. The summed E-state index contributed by atoms with van der Waals surface area (Å²) in [6, 6.07) is 8.27. The van der Waals surface area contributed by atoms with Crippen molar-refractivity contribution in [3.05, 3.63) is 29.8 Å². The Hall–Kier alpha value is -1.02. The van der Waals surface area contributed by atoms with E-state index in [4.69, 9.17) is 9.47 Å². The van der Waals surface area contributed by atoms with Gasteiger partial charge in [0.25, 0.3) is 0 Å². The summed E-state index contributed by atoms with van der Waals surface area (Å²) >= 11 is 0. The molecule has 96 valence electrons. The lowest BCUT2D eigenvalue weighted by Crippen LogP contribution is -2.33. The molecule has 0 aliphatic heterocycles. The summed E-state index contributed by atoms with van der Waals surface area (Å²) in [4.78, 5) is 0. The van der Waals surface area contributed by atoms with Crippen molar-refractivity contribution in [2.24, 2.45) is 5.41 Å². The fraction of sp³-hybridized carbons (Fsp3) is 0.600. The molecule has 1 unspecified atom stereocenters. The summed E-state index contributed by atoms with van der Waals surface area (Å²) < 4.78 is 11.2. The Morgan fingerprint density at radius 2 is 1.71 bits per heavy atom. The minimum Gasteiger partial charge on any atom is -0.464 e. The molecule has 0 aliphatic rings. The highest BCUT2D eigenvalue weighted by molar-refractivity contribution is 5.27. The molecule has 1 atom stereocenters. The quantitative estimate of drug-likeness (QED) is 0.718. The van der Waals surface area contributed by atoms with Crippen molar-refractivity contribution >= 4 is 0 Å². The van der Waals surface area contributed by atoms with E-state index < -0.39 is 0 Å². The third-order valence-corrected chi connectivity index (χ3v) is 2.63. The minimum atomic E-state index is -0.223. The van der Waals surface area contributed by atoms with Crippen LogP contribution in [0.15, 0.2) is 24.3 Å². The predicted molar refractivity (Wildman–Crippen MR) is 71.3 cm³/mol. The average molecular weight is 236 g/mol. The van der Waals surface area contributed by atoms with Gasteiger partial charge in [0.2, 0.25) is 6.29 Å². The Balaban J connectivity index is 2.67. The fourth-order valence-corrected chi connectivity index (χ4v) is 1.73. The Morgan fingerprint density at radius 1 is 1.12 bits per heavy atom. The van der Waals surface area contributed by atoms with E-state index in [-0.39, 0.29) is 11.7 Å². The lowest BCUT2D eigenvalue weighted by Gasteiger charge is -2.29. The van der Waals surface area contributed by atoms with Crippen LogP contribution in [-0.4, -0.2) is 13.4 Å². The molecule has 0 bridgehead atoms. The van der Waals surface area contributed by atoms with Crippen molar-refractivity contribution in [1.29, 1.82) is 0 Å². The van der Waals surface area contributed by atoms with Crippen LogP contribution in [0.4, 0.5) is 0 Å². The Kier molecular flexibility index (Phi) is 5.01. The molecule has 0 aromatic heterocycles. The summed E-state index contributed by atoms with van der Waals surface area (Å²) in [5, 5.41) is 0. The molecule has 0 saturated heterocycles. The van der Waals surface area contributed by atoms with Crippen LogP contribution in [0, 0.1) is 5.41 Å². The molecule has 0 heterocycles. The van der Waals surface area contributed by atoms with Crippen molar-refractivity contribution in [1.82, 2.24) is 0 Å². The summed E-state index contributed by atoms with van der Waals surface area (Å²) in [7, 11) is 1.68. The van der Waals surface area contributed by atoms with Crippen molar-refractivity contribution in [2.75, 3.05) is 7.11 Å². The standard InChI is InChI=1S/C15H24O2/c1-6-7-12-8-10-13(11-9-12)17-14(16-5)15(2,3)4/h8-11,14H,6-7H2,1-5H3. The van der Waals surface area contributed by atoms with Gasteiger partial charge in [0, 0.05) is 12.5 Å². The van der Waals surface area contributed by atoms with Gasteiger partial charge in [-0.05, 0) is 24.1 Å². The highest BCUT2D eigenvalue weighted by atomic mass is 16.7. The highest BCUT2D eigenvalue weighted by Gasteiger charge is 2.26. The first kappa shape index (κ1) is 14.0. The van der Waals surface area contributed by atoms with Gasteiger partial charge in [-0.2, -0.15) is 0 Å². The zero-order chi connectivity index (χ0) is 12.9. The van der Waals surface area contributed by atoms with Crippen molar-refractivity contribution in [2.45, 2.75) is 46.8 Å². The molecule has 0 saturated carbocycles. The van der Waals surface area contributed by atoms with E-state index in [0.717, 1.165) is 12.2 Å². The molecular formula is C15H24O2. The smallest absolute Gasteiger partial charge is 0.204 e. The largest absolute Gasteiger partial charge is 0.464 e. The van der Waals surface area contributed by atoms with Crippen LogP contribution in [0.25, 0.3) is 0 Å². The van der Waals surface area contributed by atoms with Crippen LogP contribution in [0.2, 0.25) is 0 Å². The molecule has 17 heavy (non-hydrogen) atoms. The van der Waals surface area contributed by atoms with E-state index in [0.29, 0.717) is 0 Å². The molecular weight excluding hydrogens is 212 g/mol. The number of aryl methyl sites for hydroxylation is 1. The Bertz CT molecular complexity index is 322. The van der Waals surface area contributed by atoms with Gasteiger partial charge in [0.05, 0.1) is 0 Å². The third-order valence-electron chi connectivity index (χ3n) is 2.63. The van der Waals surface area contributed by atoms with Crippen molar-refractivity contribution in [3.63, 3.8) is 0 Å². The maximum absolute atomic E-state index is 5.84. The van der Waals surface area contributed by atoms with Crippen LogP contribution in [0.5, 0.6) is 5.75 Å². The third kappa shape index (κ3) is 4.39. The first-order chi connectivity index (χ1) is 7.97. The summed E-state index contributed by atoms with van der Waals surface area (Å²) in [5.74, 6) is 0.867. The van der Waals surface area contributed by atoms with Gasteiger partial charge in [-0.15, -0.1) is 0 Å². The maximum atomic E-state index is 5.84. The number of hydrogen-bond donors (Lipinski definition) is 0. The van der Waals surface area contributed by atoms with Gasteiger partial charge in [-0.25, -0.2) is 0 Å². The monoisotopic (exact) mass is 236 g/mol. The molecule has 0 N–H and O–H groups in total. The van der Waals surface area contributed by atoms with E-state index in [2.05, 4.69) is 39.8 Å². The van der Waals surface area contributed by atoms with Crippen LogP contribution < -0.4 is 4.74 Å². The summed E-state index contributed by atoms with van der Waals surface area (Å²) in [5.41, 5.74) is 1.32. The SMILES string of the molecule is CCCc1ccc(OC(OC)C(C)(C)C)cc1. The molecule has 0 fully saturated rings. The van der Waals surface area contributed by atoms with E-state index in [9.17, 15) is 0 Å². The van der Waals surface area contributed by atoms with Crippen LogP contribution in [-0.2, 0) is 11.2 Å². The molecule has 2 heteroatoms. The zero-order valence-corrected chi connectivity index (χ0v) is 11.6. The van der Waals surface area contributed by atoms with E-state index in [1.54, 1.807) is 7.11 Å². The van der Waals surface area contributed by atoms with Crippen molar-refractivity contribution < 1.29 is 9.47 Å². The maximum Gasteiger partial charge on any atom is 0.204 e. The number of methoxy groups -OCH3 is 1. The molecule has 1 rings (SSSR count). The summed E-state index contributed by atoms with van der Waals surface area (Å²) in [6.07, 6.45) is 2.07. The minimum absolute atomic E-state index is 0.0309. The van der Waals surface area contributed by atoms with Gasteiger partial charge in [0.1, 0.15) is 5.75 Å². The van der Waals surface area contributed by atoms with E-state index in [1.165, 1.54) is 12.0 Å². The Labute approximate surface area is 105 Å². The second-order valence-electron chi connectivity index (χ2n) is 5.45. The van der Waals surface area contributed by atoms with Gasteiger partial charge in [-0.1, -0.05) is 46.2 Å². The van der Waals surface area contributed by atoms with Crippen LogP contribution in [0.3, 0.4) is 0 Å². The topological polar surface area (TPSA) is 18.5 Å². The lowest BCUT2D eigenvalue weighted by molar-refractivity contribution is -0.120. The second kappa shape index (κ2) is 6.06. The van der Waals surface area contributed by atoms with Crippen LogP contribution in [0.1, 0.15) is 39.7 Å². The number of hydrogen-bond acceptors (Lipinski definition) is 2. The zero-order valence-electron chi connectivity index (χ0n) is 11.6. The Morgan fingerprint density at radius 3 is 2.12 bits per heavy atom. The van der Waals surface area contributed by atoms with E-state index in [1.807, 2.05) is 12.1 Å². The second-order valence-corrected chi connectivity index (χ2v) is 5.45. The van der Waals surface area contributed by atoms with Gasteiger partial charge in [0.15, 0.2) is 0 Å². The fourth-order valence-electron chi connectivity index (χ4n) is 1.73. The molecule has 0 radical (unpaired) electrons. The number of benzene rings is 1.